The van der Waals surface area contributed by atoms with Gasteiger partial charge in [-0.15, -0.1) is 0 Å². The number of nitrogens with two attached hydrogens (primary N) is 2. The zero-order chi connectivity index (χ0) is 24.0. The predicted octanol–water partition coefficient (Wildman–Crippen LogP) is 2.61. The zero-order valence-electron chi connectivity index (χ0n) is 19.0. The molecule has 1 fully saturated rings. The van der Waals surface area contributed by atoms with Gasteiger partial charge in [0.1, 0.15) is 12.2 Å². The van der Waals surface area contributed by atoms with Crippen LogP contribution in [-0.2, 0) is 9.59 Å². The van der Waals surface area contributed by atoms with Crippen LogP contribution in [0.3, 0.4) is 0 Å². The van der Waals surface area contributed by atoms with Crippen molar-refractivity contribution in [2.75, 3.05) is 6.54 Å². The highest BCUT2D eigenvalue weighted by atomic mass is 19.1. The standard InChI is InChI=1S/C25H32FN5O2/c1-16(2)17-8-10-19(11-9-17)24(18-6-4-3-5-7-18)29-25(33)22-12-20(26)15-31(22)23(32)13-21(14-27)30-28/h3-11,14,16,20,22,24,30H,12-13,15,27-28H2,1-2H3,(H,29,33)/b21-14-. The molecule has 2 amide bonds. The molecule has 0 spiro atoms. The molecule has 33 heavy (non-hydrogen) atoms. The summed E-state index contributed by atoms with van der Waals surface area (Å²) < 4.78 is 14.3. The molecule has 0 aliphatic carbocycles. The van der Waals surface area contributed by atoms with Crippen molar-refractivity contribution < 1.29 is 14.0 Å². The minimum absolute atomic E-state index is 0.0525. The Bertz CT molecular complexity index is 978. The Morgan fingerprint density at radius 3 is 2.27 bits per heavy atom. The lowest BCUT2D eigenvalue weighted by Gasteiger charge is -2.27. The average Bonchev–Trinajstić information content (AvgIpc) is 3.23. The van der Waals surface area contributed by atoms with E-state index in [1.165, 1.54) is 16.7 Å². The van der Waals surface area contributed by atoms with Crippen molar-refractivity contribution in [2.45, 2.75) is 50.9 Å². The molecule has 0 aromatic heterocycles. The maximum Gasteiger partial charge on any atom is 0.243 e. The Morgan fingerprint density at radius 1 is 1.09 bits per heavy atom. The Hall–Kier alpha value is -3.39. The first kappa shape index (κ1) is 24.3. The van der Waals surface area contributed by atoms with Crippen LogP contribution in [0, 0.1) is 0 Å². The quantitative estimate of drug-likeness (QED) is 0.362. The topological polar surface area (TPSA) is 113 Å². The van der Waals surface area contributed by atoms with Crippen molar-refractivity contribution in [3.63, 3.8) is 0 Å². The first-order valence-electron chi connectivity index (χ1n) is 11.1. The van der Waals surface area contributed by atoms with E-state index in [1.807, 2.05) is 54.6 Å². The van der Waals surface area contributed by atoms with Crippen molar-refractivity contribution in [1.82, 2.24) is 15.6 Å². The van der Waals surface area contributed by atoms with E-state index in [2.05, 4.69) is 24.6 Å². The van der Waals surface area contributed by atoms with Gasteiger partial charge in [0, 0.05) is 12.6 Å². The lowest BCUT2D eigenvalue weighted by Crippen LogP contribution is -2.47. The number of rotatable bonds is 8. The second-order valence-corrected chi connectivity index (χ2v) is 8.58. The van der Waals surface area contributed by atoms with Gasteiger partial charge in [-0.2, -0.15) is 0 Å². The number of hydrogen-bond donors (Lipinski definition) is 4. The fourth-order valence-corrected chi connectivity index (χ4v) is 4.05. The van der Waals surface area contributed by atoms with Crippen LogP contribution in [0.15, 0.2) is 66.5 Å². The van der Waals surface area contributed by atoms with Crippen LogP contribution in [0.4, 0.5) is 4.39 Å². The Labute approximate surface area is 194 Å². The van der Waals surface area contributed by atoms with Gasteiger partial charge < -0.3 is 21.4 Å². The van der Waals surface area contributed by atoms with E-state index in [4.69, 9.17) is 11.6 Å². The molecule has 3 rings (SSSR count). The highest BCUT2D eigenvalue weighted by Gasteiger charge is 2.40. The second kappa shape index (κ2) is 11.0. The first-order chi connectivity index (χ1) is 15.8. The molecule has 6 N–H and O–H groups in total. The normalized spacial score (nSPS) is 19.4. The molecule has 1 aliphatic heterocycles. The number of carbonyl (C=O) groups excluding carboxylic acids is 2. The number of likely N-dealkylation sites (tertiary alicyclic amines) is 1. The van der Waals surface area contributed by atoms with E-state index in [-0.39, 0.29) is 19.4 Å². The zero-order valence-corrected chi connectivity index (χ0v) is 19.0. The van der Waals surface area contributed by atoms with E-state index in [9.17, 15) is 14.0 Å². The molecular formula is C25H32FN5O2. The van der Waals surface area contributed by atoms with Gasteiger partial charge in [-0.25, -0.2) is 4.39 Å². The second-order valence-electron chi connectivity index (χ2n) is 8.58. The fourth-order valence-electron chi connectivity index (χ4n) is 4.05. The monoisotopic (exact) mass is 453 g/mol. The number of nitrogens with zero attached hydrogens (tertiary/aromatic N) is 1. The third kappa shape index (κ3) is 5.90. The summed E-state index contributed by atoms with van der Waals surface area (Å²) >= 11 is 0. The van der Waals surface area contributed by atoms with Crippen LogP contribution in [0.5, 0.6) is 0 Å². The number of carbonyl (C=O) groups is 2. The lowest BCUT2D eigenvalue weighted by atomic mass is 9.95. The predicted molar refractivity (Wildman–Crippen MR) is 126 cm³/mol. The van der Waals surface area contributed by atoms with Crippen LogP contribution in [-0.4, -0.2) is 35.5 Å². The summed E-state index contributed by atoms with van der Waals surface area (Å²) in [6.07, 6.45) is -0.283. The number of nitrogens with one attached hydrogen (secondary N) is 2. The van der Waals surface area contributed by atoms with Crippen molar-refractivity contribution in [3.8, 4) is 0 Å². The highest BCUT2D eigenvalue weighted by molar-refractivity contribution is 5.89. The van der Waals surface area contributed by atoms with Gasteiger partial charge in [-0.3, -0.25) is 15.4 Å². The van der Waals surface area contributed by atoms with Crippen LogP contribution >= 0.6 is 0 Å². The summed E-state index contributed by atoms with van der Waals surface area (Å²) in [4.78, 5) is 27.3. The van der Waals surface area contributed by atoms with Gasteiger partial charge in [0.05, 0.1) is 24.7 Å². The largest absolute Gasteiger partial charge is 0.403 e. The molecule has 0 radical (unpaired) electrons. The van der Waals surface area contributed by atoms with E-state index in [1.54, 1.807) is 0 Å². The summed E-state index contributed by atoms with van der Waals surface area (Å²) in [6, 6.07) is 16.3. The molecule has 8 heteroatoms. The molecule has 7 nitrogen and oxygen atoms in total. The summed E-state index contributed by atoms with van der Waals surface area (Å²) in [5.41, 5.74) is 11.1. The molecule has 2 aromatic carbocycles. The third-order valence-corrected chi connectivity index (χ3v) is 5.96. The van der Waals surface area contributed by atoms with Crippen molar-refractivity contribution in [3.05, 3.63) is 83.2 Å². The van der Waals surface area contributed by atoms with Crippen LogP contribution in [0.1, 0.15) is 55.3 Å². The maximum absolute atomic E-state index is 14.3. The molecule has 3 atom stereocenters. The molecule has 0 saturated carbocycles. The molecule has 176 valence electrons. The number of hydrazine groups is 1. The fraction of sp³-hybridized carbons (Fsp3) is 0.360. The van der Waals surface area contributed by atoms with E-state index in [0.717, 1.165) is 11.1 Å². The summed E-state index contributed by atoms with van der Waals surface area (Å²) in [6.45, 7) is 4.10. The van der Waals surface area contributed by atoms with E-state index < -0.39 is 30.1 Å². The molecular weight excluding hydrogens is 421 g/mol. The van der Waals surface area contributed by atoms with Gasteiger partial charge in [-0.1, -0.05) is 68.4 Å². The lowest BCUT2D eigenvalue weighted by molar-refractivity contribution is -0.138. The molecule has 1 saturated heterocycles. The smallest absolute Gasteiger partial charge is 0.243 e. The van der Waals surface area contributed by atoms with Crippen molar-refractivity contribution >= 4 is 11.8 Å². The van der Waals surface area contributed by atoms with Crippen LogP contribution in [0.2, 0.25) is 0 Å². The van der Waals surface area contributed by atoms with E-state index >= 15 is 0 Å². The molecule has 2 aromatic rings. The van der Waals surface area contributed by atoms with Gasteiger partial charge in [0.25, 0.3) is 0 Å². The summed E-state index contributed by atoms with van der Waals surface area (Å²) in [5.74, 6) is 4.93. The van der Waals surface area contributed by atoms with Crippen molar-refractivity contribution in [1.29, 1.82) is 0 Å². The number of alkyl halides is 1. The SMILES string of the molecule is CC(C)c1ccc(C(NC(=O)C2CC(F)CN2C(=O)C/C(=C/N)NN)c2ccccc2)cc1. The molecule has 3 unspecified atom stereocenters. The van der Waals surface area contributed by atoms with Crippen LogP contribution < -0.4 is 22.3 Å². The molecule has 1 heterocycles. The molecule has 0 bridgehead atoms. The van der Waals surface area contributed by atoms with Gasteiger partial charge in [0.15, 0.2) is 0 Å². The maximum atomic E-state index is 14.3. The third-order valence-electron chi connectivity index (χ3n) is 5.96. The molecule has 1 aliphatic rings. The Balaban J connectivity index is 1.84. The minimum Gasteiger partial charge on any atom is -0.403 e. The van der Waals surface area contributed by atoms with E-state index in [0.29, 0.717) is 11.6 Å². The van der Waals surface area contributed by atoms with Gasteiger partial charge >= 0.3 is 0 Å². The minimum atomic E-state index is -1.28. The van der Waals surface area contributed by atoms with Crippen molar-refractivity contribution in [2.24, 2.45) is 11.6 Å². The Kier molecular flexibility index (Phi) is 8.06. The Morgan fingerprint density at radius 2 is 1.70 bits per heavy atom. The summed E-state index contributed by atoms with van der Waals surface area (Å²) in [5, 5.41) is 3.05. The van der Waals surface area contributed by atoms with Gasteiger partial charge in [-0.05, 0) is 22.6 Å². The average molecular weight is 454 g/mol. The van der Waals surface area contributed by atoms with Crippen LogP contribution in [0.25, 0.3) is 0 Å². The number of halogens is 1. The highest BCUT2D eigenvalue weighted by Crippen LogP contribution is 2.27. The first-order valence-corrected chi connectivity index (χ1v) is 11.1. The number of amides is 2. The number of hydrogen-bond acceptors (Lipinski definition) is 5. The number of benzene rings is 2. The summed E-state index contributed by atoms with van der Waals surface area (Å²) in [7, 11) is 0. The van der Waals surface area contributed by atoms with Gasteiger partial charge in [0.2, 0.25) is 11.8 Å².